The lowest BCUT2D eigenvalue weighted by atomic mass is 9.66. The molecular weight excluding hydrogens is 884 g/mol. The van der Waals surface area contributed by atoms with Crippen LogP contribution in [-0.2, 0) is 10.8 Å². The highest BCUT2D eigenvalue weighted by molar-refractivity contribution is 5.51. The van der Waals surface area contributed by atoms with Crippen LogP contribution < -0.4 is 34.0 Å². The van der Waals surface area contributed by atoms with Crippen LogP contribution in [0.1, 0.15) is 114 Å². The number of quaternary nitrogens is 2. The maximum absolute atomic E-state index is 2.46. The molecule has 6 aromatic rings. The van der Waals surface area contributed by atoms with Gasteiger partial charge in [0.1, 0.15) is 0 Å². The minimum Gasteiger partial charge on any atom is -1.00 e. The summed E-state index contributed by atoms with van der Waals surface area (Å²) in [6.07, 6.45) is 4.58. The summed E-state index contributed by atoms with van der Waals surface area (Å²) in [6.45, 7) is 26.2. The summed E-state index contributed by atoms with van der Waals surface area (Å²) in [5, 5.41) is 0. The lowest BCUT2D eigenvalue weighted by Crippen LogP contribution is -3.00. The first-order valence-electron chi connectivity index (χ1n) is 23.3. The van der Waals surface area contributed by atoms with Crippen LogP contribution >= 0.6 is 0 Å². The Morgan fingerprint density at radius 2 is 0.468 bits per heavy atom. The van der Waals surface area contributed by atoms with E-state index < -0.39 is 0 Å². The van der Waals surface area contributed by atoms with Crippen LogP contribution in [0.4, 0.5) is 0 Å². The van der Waals surface area contributed by atoms with E-state index in [1.807, 2.05) is 0 Å². The number of nitrogens with zero attached hydrogens (tertiary/aromatic N) is 2. The van der Waals surface area contributed by atoms with Crippen molar-refractivity contribution in [2.24, 2.45) is 0 Å². The van der Waals surface area contributed by atoms with Crippen LogP contribution in [0.5, 0.6) is 0 Å². The predicted octanol–water partition coefficient (Wildman–Crippen LogP) is 8.14. The minimum absolute atomic E-state index is 0. The molecule has 0 aliphatic heterocycles. The van der Waals surface area contributed by atoms with Crippen LogP contribution in [-0.4, -0.2) is 60.3 Å². The lowest BCUT2D eigenvalue weighted by molar-refractivity contribution is -0.945. The van der Waals surface area contributed by atoms with Gasteiger partial charge in [0.15, 0.2) is 0 Å². The molecule has 0 amide bonds. The van der Waals surface area contributed by atoms with Crippen LogP contribution in [0, 0.1) is 0 Å². The minimum atomic E-state index is -0.136. The molecule has 2 atom stereocenters. The van der Waals surface area contributed by atoms with Gasteiger partial charge in [-0.15, -0.1) is 0 Å². The van der Waals surface area contributed by atoms with Crippen molar-refractivity contribution in [3.05, 3.63) is 215 Å². The van der Waals surface area contributed by atoms with Crippen LogP contribution in [0.3, 0.4) is 0 Å². The smallest absolute Gasteiger partial charge is 0.0862 e. The van der Waals surface area contributed by atoms with E-state index >= 15 is 0 Å². The summed E-state index contributed by atoms with van der Waals surface area (Å²) in [7, 11) is 0. The molecule has 62 heavy (non-hydrogen) atoms. The molecule has 0 bridgehead atoms. The highest BCUT2D eigenvalue weighted by Gasteiger charge is 2.40. The Kier molecular flexibility index (Phi) is 21.6. The van der Waals surface area contributed by atoms with Crippen molar-refractivity contribution in [2.75, 3.05) is 39.3 Å². The number of benzene rings is 6. The molecule has 0 heterocycles. The molecule has 2 nitrogen and oxygen atoms in total. The molecule has 0 spiro atoms. The molecule has 6 rings (SSSR count). The molecule has 4 heteroatoms. The Morgan fingerprint density at radius 1 is 0.306 bits per heavy atom. The molecule has 0 aliphatic carbocycles. The first-order chi connectivity index (χ1) is 29.3. The summed E-state index contributed by atoms with van der Waals surface area (Å²) >= 11 is 0. The van der Waals surface area contributed by atoms with Gasteiger partial charge in [0.2, 0.25) is 0 Å². The molecule has 0 saturated carbocycles. The third-order valence-corrected chi connectivity index (χ3v) is 15.1. The third-order valence-electron chi connectivity index (χ3n) is 15.1. The van der Waals surface area contributed by atoms with Crippen molar-refractivity contribution in [3.63, 3.8) is 0 Å². The van der Waals surface area contributed by atoms with E-state index in [-0.39, 0.29) is 44.8 Å². The van der Waals surface area contributed by atoms with Crippen LogP contribution in [0.15, 0.2) is 182 Å². The Bertz CT molecular complexity index is 1690. The maximum Gasteiger partial charge on any atom is 0.0862 e. The lowest BCUT2D eigenvalue weighted by Gasteiger charge is -2.44. The van der Waals surface area contributed by atoms with Gasteiger partial charge in [-0.1, -0.05) is 182 Å². The number of rotatable bonds is 20. The van der Waals surface area contributed by atoms with E-state index in [9.17, 15) is 0 Å². The van der Waals surface area contributed by atoms with Crippen LogP contribution in [0.2, 0.25) is 0 Å². The van der Waals surface area contributed by atoms with Gasteiger partial charge in [-0.2, -0.15) is 0 Å². The number of hydrogen-bond acceptors (Lipinski definition) is 0. The van der Waals surface area contributed by atoms with Gasteiger partial charge in [-0.3, -0.25) is 0 Å². The van der Waals surface area contributed by atoms with Gasteiger partial charge in [-0.25, -0.2) is 0 Å². The molecule has 0 saturated heterocycles. The summed E-state index contributed by atoms with van der Waals surface area (Å²) < 4.78 is 2.38. The fraction of sp³-hybridized carbons (Fsp3) is 0.379. The van der Waals surface area contributed by atoms with E-state index in [4.69, 9.17) is 0 Å². The Morgan fingerprint density at radius 3 is 0.613 bits per heavy atom. The molecule has 0 fully saturated rings. The fourth-order valence-electron chi connectivity index (χ4n) is 10.8. The molecule has 0 N–H and O–H groups in total. The standard InChI is InChI=1S/2C29H38N.2BrH/c2*1-5-30(6-2,7-3)25(4)23-24-29(26-17-11-8-12-18-26,27-19-13-9-14-20-27)28-21-15-10-16-22-28;;/h2*8-22,25H,5-7,23-24H2,1-4H3;2*1H/q2*+1;;/p-2. The summed E-state index contributed by atoms with van der Waals surface area (Å²) in [4.78, 5) is 0. The third kappa shape index (κ3) is 11.5. The largest absolute Gasteiger partial charge is 1.00 e. The van der Waals surface area contributed by atoms with Gasteiger partial charge in [0, 0.05) is 23.7 Å². The zero-order valence-corrected chi connectivity index (χ0v) is 42.4. The van der Waals surface area contributed by atoms with E-state index in [0.717, 1.165) is 12.8 Å². The van der Waals surface area contributed by atoms with E-state index in [2.05, 4.69) is 237 Å². The number of halogens is 2. The molecule has 0 radical (unpaired) electrons. The van der Waals surface area contributed by atoms with Crippen molar-refractivity contribution in [3.8, 4) is 0 Å². The van der Waals surface area contributed by atoms with E-state index in [1.165, 1.54) is 94.5 Å². The zero-order valence-electron chi connectivity index (χ0n) is 39.2. The summed E-state index contributed by atoms with van der Waals surface area (Å²) in [6, 6.07) is 68.0. The quantitative estimate of drug-likeness (QED) is 0.0536. The van der Waals surface area contributed by atoms with E-state index in [1.54, 1.807) is 0 Å². The Balaban J connectivity index is 0.000000320. The topological polar surface area (TPSA) is 0 Å². The Hall–Kier alpha value is -3.80. The first kappa shape index (κ1) is 52.5. The van der Waals surface area contributed by atoms with Crippen molar-refractivity contribution >= 4 is 0 Å². The second-order valence-electron chi connectivity index (χ2n) is 17.1. The molecule has 0 aromatic heterocycles. The highest BCUT2D eigenvalue weighted by atomic mass is 79.9. The van der Waals surface area contributed by atoms with E-state index in [0.29, 0.717) is 12.1 Å². The number of hydrogen-bond donors (Lipinski definition) is 0. The molecule has 332 valence electrons. The fourth-order valence-corrected chi connectivity index (χ4v) is 10.8. The molecule has 2 unspecified atom stereocenters. The van der Waals surface area contributed by atoms with Crippen molar-refractivity contribution in [1.29, 1.82) is 0 Å². The second kappa shape index (κ2) is 25.5. The monoisotopic (exact) mass is 958 g/mol. The van der Waals surface area contributed by atoms with Crippen molar-refractivity contribution in [2.45, 2.75) is 104 Å². The second-order valence-corrected chi connectivity index (χ2v) is 17.1. The van der Waals surface area contributed by atoms with Gasteiger partial charge in [0.05, 0.1) is 51.4 Å². The summed E-state index contributed by atoms with van der Waals surface area (Å²) in [5.41, 5.74) is 8.05. The first-order valence-corrected chi connectivity index (χ1v) is 23.3. The molecule has 0 aliphatic rings. The highest BCUT2D eigenvalue weighted by Crippen LogP contribution is 2.45. The molecule has 6 aromatic carbocycles. The van der Waals surface area contributed by atoms with Crippen molar-refractivity contribution in [1.82, 2.24) is 0 Å². The van der Waals surface area contributed by atoms with Gasteiger partial charge in [-0.05, 0) is 102 Å². The Labute approximate surface area is 399 Å². The molecular formula is C58H76Br2N2. The average molecular weight is 961 g/mol. The average Bonchev–Trinajstić information content (AvgIpc) is 3.33. The SMILES string of the molecule is CC[N+](CC)(CC)C(C)CCC(c1ccccc1)(c1ccccc1)c1ccccc1.CC[N+](CC)(CC)C(C)CCC(c1ccccc1)(c1ccccc1)c1ccccc1.[Br-].[Br-]. The predicted molar refractivity (Wildman–Crippen MR) is 260 cm³/mol. The maximum atomic E-state index is 2.46. The van der Waals surface area contributed by atoms with Gasteiger partial charge < -0.3 is 42.9 Å². The zero-order chi connectivity index (χ0) is 42.9. The van der Waals surface area contributed by atoms with Gasteiger partial charge in [0.25, 0.3) is 0 Å². The van der Waals surface area contributed by atoms with Gasteiger partial charge >= 0.3 is 0 Å². The summed E-state index contributed by atoms with van der Waals surface area (Å²) in [5.74, 6) is 0. The van der Waals surface area contributed by atoms with Crippen molar-refractivity contribution < 1.29 is 42.9 Å². The normalized spacial score (nSPS) is 12.8. The van der Waals surface area contributed by atoms with Crippen LogP contribution in [0.25, 0.3) is 0 Å².